The zero-order chi connectivity index (χ0) is 27.4. The van der Waals surface area contributed by atoms with E-state index in [0.717, 1.165) is 67.6 Å². The predicted octanol–water partition coefficient (Wildman–Crippen LogP) is 3.80. The van der Waals surface area contributed by atoms with Crippen LogP contribution in [0.15, 0.2) is 53.4 Å². The van der Waals surface area contributed by atoms with Gasteiger partial charge in [0, 0.05) is 51.6 Å². The Hall–Kier alpha value is -3.24. The summed E-state index contributed by atoms with van der Waals surface area (Å²) in [5.41, 5.74) is 1.95. The standard InChI is InChI=1S/C29H38N6O3S/c1-21-7-13-25(14-8-21)39(37,38)31-20-24-11-9-23(10-12-24)19-30-29-32-27-6-4-3-5-26(27)28(33-29)35-17-15-34(16-18-35)22(2)36/h3-8,13-14,23-24,31H,9-12,15-20H2,1-2H3,(H,30,32,33)/t23-,24-. The van der Waals surface area contributed by atoms with Gasteiger partial charge in [-0.15, -0.1) is 0 Å². The number of benzene rings is 2. The summed E-state index contributed by atoms with van der Waals surface area (Å²) in [6.45, 7) is 7.72. The molecule has 2 aromatic carbocycles. The van der Waals surface area contributed by atoms with Crippen LogP contribution in [0.3, 0.4) is 0 Å². The second kappa shape index (κ2) is 11.9. The Bertz CT molecular complexity index is 1400. The summed E-state index contributed by atoms with van der Waals surface area (Å²) in [6, 6.07) is 15.0. The Balaban J connectivity index is 1.15. The summed E-state index contributed by atoms with van der Waals surface area (Å²) in [4.78, 5) is 25.9. The maximum absolute atomic E-state index is 12.6. The van der Waals surface area contributed by atoms with Crippen molar-refractivity contribution >= 4 is 38.6 Å². The van der Waals surface area contributed by atoms with Gasteiger partial charge in [-0.25, -0.2) is 18.1 Å². The van der Waals surface area contributed by atoms with Gasteiger partial charge in [0.05, 0.1) is 10.4 Å². The molecule has 2 aliphatic rings. The number of piperazine rings is 1. The van der Waals surface area contributed by atoms with Gasteiger partial charge in [-0.05, 0) is 68.7 Å². The molecule has 1 amide bonds. The number of rotatable bonds is 8. The summed E-state index contributed by atoms with van der Waals surface area (Å²) in [7, 11) is -3.48. The molecule has 1 aliphatic carbocycles. The maximum atomic E-state index is 12.6. The number of anilines is 2. The van der Waals surface area contributed by atoms with Crippen LogP contribution in [0.4, 0.5) is 11.8 Å². The van der Waals surface area contributed by atoms with E-state index in [0.29, 0.717) is 42.3 Å². The SMILES string of the molecule is CC(=O)N1CCN(c2nc(NC[C@H]3CC[C@H](CNS(=O)(=O)c4ccc(C)cc4)CC3)nc3ccccc23)CC1. The largest absolute Gasteiger partial charge is 0.354 e. The first-order valence-corrected chi connectivity index (χ1v) is 15.3. The molecule has 0 radical (unpaired) electrons. The third kappa shape index (κ3) is 6.67. The highest BCUT2D eigenvalue weighted by Gasteiger charge is 2.25. The van der Waals surface area contributed by atoms with Crippen LogP contribution in [0.5, 0.6) is 0 Å². The van der Waals surface area contributed by atoms with Gasteiger partial charge in [0.25, 0.3) is 0 Å². The van der Waals surface area contributed by atoms with Crippen LogP contribution in [-0.2, 0) is 14.8 Å². The molecule has 3 aromatic rings. The van der Waals surface area contributed by atoms with E-state index in [2.05, 4.69) is 21.0 Å². The number of sulfonamides is 1. The van der Waals surface area contributed by atoms with Crippen LogP contribution >= 0.6 is 0 Å². The lowest BCUT2D eigenvalue weighted by molar-refractivity contribution is -0.129. The summed E-state index contributed by atoms with van der Waals surface area (Å²) >= 11 is 0. The highest BCUT2D eigenvalue weighted by molar-refractivity contribution is 7.89. The van der Waals surface area contributed by atoms with E-state index in [-0.39, 0.29) is 5.91 Å². The number of carbonyl (C=O) groups excluding carboxylic acids is 1. The molecule has 39 heavy (non-hydrogen) atoms. The Morgan fingerprint density at radius 3 is 2.21 bits per heavy atom. The predicted molar refractivity (Wildman–Crippen MR) is 154 cm³/mol. The van der Waals surface area contributed by atoms with E-state index in [9.17, 15) is 13.2 Å². The summed E-state index contributed by atoms with van der Waals surface area (Å²) in [5, 5.41) is 4.51. The van der Waals surface area contributed by atoms with Gasteiger partial charge >= 0.3 is 0 Å². The van der Waals surface area contributed by atoms with E-state index in [4.69, 9.17) is 9.97 Å². The van der Waals surface area contributed by atoms with Gasteiger partial charge in [-0.3, -0.25) is 4.79 Å². The van der Waals surface area contributed by atoms with E-state index in [1.807, 2.05) is 42.2 Å². The topological polar surface area (TPSA) is 108 Å². The van der Waals surface area contributed by atoms with E-state index in [1.165, 1.54) is 0 Å². The number of nitrogens with zero attached hydrogens (tertiary/aromatic N) is 4. The van der Waals surface area contributed by atoms with Gasteiger partial charge in [0.2, 0.25) is 21.9 Å². The molecular formula is C29H38N6O3S. The molecule has 5 rings (SSSR count). The van der Waals surface area contributed by atoms with Gasteiger partial charge in [-0.2, -0.15) is 4.98 Å². The Labute approximate surface area is 231 Å². The molecule has 208 valence electrons. The third-order valence-electron chi connectivity index (χ3n) is 8.02. The second-order valence-corrected chi connectivity index (χ2v) is 12.6. The number of aromatic nitrogens is 2. The monoisotopic (exact) mass is 550 g/mol. The van der Waals surface area contributed by atoms with Gasteiger partial charge in [-0.1, -0.05) is 29.8 Å². The lowest BCUT2D eigenvalue weighted by Crippen LogP contribution is -2.48. The van der Waals surface area contributed by atoms with Crippen molar-refractivity contribution in [3.63, 3.8) is 0 Å². The molecule has 2 fully saturated rings. The normalized spacial score (nSPS) is 20.3. The highest BCUT2D eigenvalue weighted by Crippen LogP contribution is 2.30. The van der Waals surface area contributed by atoms with Crippen molar-refractivity contribution in [3.05, 3.63) is 54.1 Å². The number of hydrogen-bond donors (Lipinski definition) is 2. The number of hydrogen-bond acceptors (Lipinski definition) is 7. The first-order valence-electron chi connectivity index (χ1n) is 13.9. The van der Waals surface area contributed by atoms with Gasteiger partial charge in [0.1, 0.15) is 5.82 Å². The molecule has 1 saturated carbocycles. The molecule has 0 bridgehead atoms. The number of carbonyl (C=O) groups is 1. The van der Waals surface area contributed by atoms with Crippen LogP contribution < -0.4 is 14.9 Å². The van der Waals surface area contributed by atoms with E-state index < -0.39 is 10.0 Å². The van der Waals surface area contributed by atoms with Gasteiger partial charge in [0.15, 0.2) is 0 Å². The number of aryl methyl sites for hydroxylation is 1. The maximum Gasteiger partial charge on any atom is 0.240 e. The van der Waals surface area contributed by atoms with Crippen molar-refractivity contribution in [2.24, 2.45) is 11.8 Å². The first-order chi connectivity index (χ1) is 18.8. The Morgan fingerprint density at radius 2 is 1.54 bits per heavy atom. The molecule has 1 saturated heterocycles. The summed E-state index contributed by atoms with van der Waals surface area (Å²) in [6.07, 6.45) is 4.06. The minimum absolute atomic E-state index is 0.114. The van der Waals surface area contributed by atoms with Gasteiger partial charge < -0.3 is 15.1 Å². The second-order valence-electron chi connectivity index (χ2n) is 10.8. The molecule has 0 atom stereocenters. The molecule has 0 spiro atoms. The average Bonchev–Trinajstić information content (AvgIpc) is 2.95. The minimum Gasteiger partial charge on any atom is -0.354 e. The summed E-state index contributed by atoms with van der Waals surface area (Å²) in [5.74, 6) is 2.50. The molecule has 1 aliphatic heterocycles. The summed E-state index contributed by atoms with van der Waals surface area (Å²) < 4.78 is 28.1. The number of para-hydroxylation sites is 1. The van der Waals surface area contributed by atoms with E-state index in [1.54, 1.807) is 19.1 Å². The zero-order valence-electron chi connectivity index (χ0n) is 22.8. The zero-order valence-corrected chi connectivity index (χ0v) is 23.6. The van der Waals surface area contributed by atoms with Crippen molar-refractivity contribution in [2.45, 2.75) is 44.4 Å². The van der Waals surface area contributed by atoms with Crippen molar-refractivity contribution in [1.29, 1.82) is 0 Å². The molecule has 0 unspecified atom stereocenters. The molecule has 2 N–H and O–H groups in total. The smallest absolute Gasteiger partial charge is 0.240 e. The fourth-order valence-electron chi connectivity index (χ4n) is 5.52. The Morgan fingerprint density at radius 1 is 0.897 bits per heavy atom. The van der Waals surface area contributed by atoms with Crippen LogP contribution in [0, 0.1) is 18.8 Å². The van der Waals surface area contributed by atoms with Crippen LogP contribution in [-0.4, -0.2) is 68.5 Å². The number of nitrogens with one attached hydrogen (secondary N) is 2. The van der Waals surface area contributed by atoms with Crippen molar-refractivity contribution < 1.29 is 13.2 Å². The quantitative estimate of drug-likeness (QED) is 0.439. The van der Waals surface area contributed by atoms with Crippen LogP contribution in [0.2, 0.25) is 0 Å². The van der Waals surface area contributed by atoms with Crippen LogP contribution in [0.1, 0.15) is 38.2 Å². The minimum atomic E-state index is -3.48. The van der Waals surface area contributed by atoms with E-state index >= 15 is 0 Å². The van der Waals surface area contributed by atoms with Crippen molar-refractivity contribution in [2.75, 3.05) is 49.5 Å². The van der Waals surface area contributed by atoms with Crippen molar-refractivity contribution in [3.8, 4) is 0 Å². The molecule has 2 heterocycles. The number of amides is 1. The third-order valence-corrected chi connectivity index (χ3v) is 9.46. The molecular weight excluding hydrogens is 512 g/mol. The lowest BCUT2D eigenvalue weighted by Gasteiger charge is -2.35. The Kier molecular flexibility index (Phi) is 8.32. The highest BCUT2D eigenvalue weighted by atomic mass is 32.2. The molecule has 10 heteroatoms. The van der Waals surface area contributed by atoms with Crippen molar-refractivity contribution in [1.82, 2.24) is 19.6 Å². The molecule has 1 aromatic heterocycles. The number of fused-ring (bicyclic) bond motifs is 1. The lowest BCUT2D eigenvalue weighted by atomic mass is 9.82. The average molecular weight is 551 g/mol. The van der Waals surface area contributed by atoms with Crippen LogP contribution in [0.25, 0.3) is 10.9 Å². The molecule has 9 nitrogen and oxygen atoms in total. The first kappa shape index (κ1) is 27.3. The fraction of sp³-hybridized carbons (Fsp3) is 0.483. The fourth-order valence-corrected chi connectivity index (χ4v) is 6.63.